The summed E-state index contributed by atoms with van der Waals surface area (Å²) in [7, 11) is 0. The van der Waals surface area contributed by atoms with E-state index in [9.17, 15) is 4.79 Å². The molecule has 2 aromatic rings. The molecular weight excluding hydrogens is 334 g/mol. The second-order valence-electron chi connectivity index (χ2n) is 5.56. The van der Waals surface area contributed by atoms with E-state index in [1.807, 2.05) is 32.0 Å². The number of ether oxygens (including phenoxy) is 2. The zero-order chi connectivity index (χ0) is 18.1. The Morgan fingerprint density at radius 1 is 1.04 bits per heavy atom. The lowest BCUT2D eigenvalue weighted by Crippen LogP contribution is -2.14. The number of thioether (sulfide) groups is 1. The first-order chi connectivity index (χ1) is 12.1. The van der Waals surface area contributed by atoms with Gasteiger partial charge < -0.3 is 14.8 Å². The van der Waals surface area contributed by atoms with Crippen molar-refractivity contribution in [3.05, 3.63) is 53.6 Å². The van der Waals surface area contributed by atoms with Crippen LogP contribution in [0.15, 0.2) is 42.5 Å². The van der Waals surface area contributed by atoms with Gasteiger partial charge in [-0.3, -0.25) is 4.79 Å². The summed E-state index contributed by atoms with van der Waals surface area (Å²) in [6, 6.07) is 13.8. The number of amides is 1. The maximum Gasteiger partial charge on any atom is 0.234 e. The van der Waals surface area contributed by atoms with Crippen molar-refractivity contribution in [2.45, 2.75) is 26.5 Å². The van der Waals surface area contributed by atoms with Gasteiger partial charge in [0.2, 0.25) is 5.91 Å². The molecule has 0 spiro atoms. The van der Waals surface area contributed by atoms with Crippen LogP contribution in [0, 0.1) is 6.92 Å². The van der Waals surface area contributed by atoms with Crippen LogP contribution in [0.1, 0.15) is 25.0 Å². The Morgan fingerprint density at radius 2 is 1.80 bits per heavy atom. The molecule has 0 aromatic heterocycles. The Kier molecular flexibility index (Phi) is 7.67. The van der Waals surface area contributed by atoms with Crippen molar-refractivity contribution >= 4 is 23.4 Å². The smallest absolute Gasteiger partial charge is 0.234 e. The monoisotopic (exact) mass is 359 g/mol. The highest BCUT2D eigenvalue weighted by molar-refractivity contribution is 7.99. The van der Waals surface area contributed by atoms with Crippen molar-refractivity contribution in [2.24, 2.45) is 0 Å². The molecule has 0 unspecified atom stereocenters. The van der Waals surface area contributed by atoms with Crippen molar-refractivity contribution in [3.8, 4) is 11.5 Å². The van der Waals surface area contributed by atoms with Gasteiger partial charge >= 0.3 is 0 Å². The molecular formula is C20H25NO3S. The third kappa shape index (κ3) is 6.35. The van der Waals surface area contributed by atoms with E-state index in [1.165, 1.54) is 11.1 Å². The third-order valence-electron chi connectivity index (χ3n) is 3.41. The summed E-state index contributed by atoms with van der Waals surface area (Å²) in [6.45, 7) is 7.04. The van der Waals surface area contributed by atoms with E-state index in [-0.39, 0.29) is 5.91 Å². The summed E-state index contributed by atoms with van der Waals surface area (Å²) in [6.07, 6.45) is 0. The van der Waals surface area contributed by atoms with Gasteiger partial charge in [0.25, 0.3) is 0 Å². The summed E-state index contributed by atoms with van der Waals surface area (Å²) in [5, 5.41) is 2.91. The summed E-state index contributed by atoms with van der Waals surface area (Å²) >= 11 is 1.60. The van der Waals surface area contributed by atoms with Gasteiger partial charge in [0, 0.05) is 17.5 Å². The molecule has 5 heteroatoms. The molecule has 0 heterocycles. The van der Waals surface area contributed by atoms with Crippen LogP contribution in [0.25, 0.3) is 0 Å². The molecule has 0 bridgehead atoms. The Bertz CT molecular complexity index is 703. The molecule has 0 atom stereocenters. The Balaban J connectivity index is 1.88. The largest absolute Gasteiger partial charge is 0.490 e. The van der Waals surface area contributed by atoms with Gasteiger partial charge in [-0.1, -0.05) is 29.8 Å². The molecule has 134 valence electrons. The SMILES string of the molecule is CCOc1ccc(NC(=O)CSCc2cccc(C)c2)cc1OCC. The lowest BCUT2D eigenvalue weighted by atomic mass is 10.2. The summed E-state index contributed by atoms with van der Waals surface area (Å²) in [5.41, 5.74) is 3.19. The first-order valence-electron chi connectivity index (χ1n) is 8.45. The molecule has 0 fully saturated rings. The number of carbonyl (C=O) groups is 1. The number of aryl methyl sites for hydroxylation is 1. The number of rotatable bonds is 9. The third-order valence-corrected chi connectivity index (χ3v) is 4.42. The van der Waals surface area contributed by atoms with Gasteiger partial charge in [0.05, 0.1) is 19.0 Å². The summed E-state index contributed by atoms with van der Waals surface area (Å²) in [5.74, 6) is 2.54. The summed E-state index contributed by atoms with van der Waals surface area (Å²) < 4.78 is 11.1. The van der Waals surface area contributed by atoms with Gasteiger partial charge in [0.15, 0.2) is 11.5 Å². The molecule has 0 aliphatic rings. The maximum atomic E-state index is 12.1. The standard InChI is InChI=1S/C20H25NO3S/c1-4-23-18-10-9-17(12-19(18)24-5-2)21-20(22)14-25-13-16-8-6-7-15(3)11-16/h6-12H,4-5,13-14H2,1-3H3,(H,21,22). The highest BCUT2D eigenvalue weighted by Crippen LogP contribution is 2.30. The zero-order valence-corrected chi connectivity index (χ0v) is 15.8. The van der Waals surface area contributed by atoms with E-state index in [0.717, 1.165) is 5.75 Å². The summed E-state index contributed by atoms with van der Waals surface area (Å²) in [4.78, 5) is 12.1. The molecule has 0 saturated heterocycles. The van der Waals surface area contributed by atoms with Crippen molar-refractivity contribution < 1.29 is 14.3 Å². The van der Waals surface area contributed by atoms with Crippen LogP contribution in [-0.4, -0.2) is 24.9 Å². The number of anilines is 1. The molecule has 25 heavy (non-hydrogen) atoms. The van der Waals surface area contributed by atoms with E-state index in [4.69, 9.17) is 9.47 Å². The average molecular weight is 359 g/mol. The fourth-order valence-corrected chi connectivity index (χ4v) is 3.16. The molecule has 0 radical (unpaired) electrons. The van der Waals surface area contributed by atoms with Crippen LogP contribution >= 0.6 is 11.8 Å². The lowest BCUT2D eigenvalue weighted by Gasteiger charge is -2.13. The Hall–Kier alpha value is -2.14. The number of hydrogen-bond donors (Lipinski definition) is 1. The highest BCUT2D eigenvalue weighted by atomic mass is 32.2. The molecule has 1 amide bonds. The molecule has 4 nitrogen and oxygen atoms in total. The predicted molar refractivity (Wildman–Crippen MR) is 105 cm³/mol. The van der Waals surface area contributed by atoms with Crippen LogP contribution in [0.2, 0.25) is 0 Å². The molecule has 0 aliphatic heterocycles. The topological polar surface area (TPSA) is 47.6 Å². The van der Waals surface area contributed by atoms with Gasteiger partial charge in [0.1, 0.15) is 0 Å². The van der Waals surface area contributed by atoms with E-state index in [2.05, 4.69) is 30.4 Å². The van der Waals surface area contributed by atoms with E-state index in [1.54, 1.807) is 17.8 Å². The van der Waals surface area contributed by atoms with Gasteiger partial charge in [-0.25, -0.2) is 0 Å². The van der Waals surface area contributed by atoms with Gasteiger partial charge in [-0.05, 0) is 38.5 Å². The van der Waals surface area contributed by atoms with Crippen molar-refractivity contribution in [2.75, 3.05) is 24.3 Å². The van der Waals surface area contributed by atoms with E-state index in [0.29, 0.717) is 36.2 Å². The minimum absolute atomic E-state index is 0.0238. The Morgan fingerprint density at radius 3 is 2.52 bits per heavy atom. The molecule has 2 aromatic carbocycles. The second-order valence-corrected chi connectivity index (χ2v) is 6.54. The number of benzene rings is 2. The Labute approximate surface area is 153 Å². The van der Waals surface area contributed by atoms with Crippen LogP contribution in [-0.2, 0) is 10.5 Å². The average Bonchev–Trinajstić information content (AvgIpc) is 2.58. The number of hydrogen-bond acceptors (Lipinski definition) is 4. The minimum atomic E-state index is -0.0238. The molecule has 1 N–H and O–H groups in total. The van der Waals surface area contributed by atoms with Gasteiger partial charge in [-0.15, -0.1) is 11.8 Å². The lowest BCUT2D eigenvalue weighted by molar-refractivity contribution is -0.113. The van der Waals surface area contributed by atoms with E-state index < -0.39 is 0 Å². The first kappa shape index (κ1) is 19.2. The second kappa shape index (κ2) is 9.99. The van der Waals surface area contributed by atoms with Gasteiger partial charge in [-0.2, -0.15) is 0 Å². The van der Waals surface area contributed by atoms with Crippen molar-refractivity contribution in [3.63, 3.8) is 0 Å². The van der Waals surface area contributed by atoms with Crippen LogP contribution in [0.5, 0.6) is 11.5 Å². The van der Waals surface area contributed by atoms with E-state index >= 15 is 0 Å². The predicted octanol–water partition coefficient (Wildman–Crippen LogP) is 4.66. The molecule has 0 aliphatic carbocycles. The first-order valence-corrected chi connectivity index (χ1v) is 9.60. The highest BCUT2D eigenvalue weighted by Gasteiger charge is 2.09. The number of carbonyl (C=O) groups excluding carboxylic acids is 1. The molecule has 2 rings (SSSR count). The zero-order valence-electron chi connectivity index (χ0n) is 15.0. The van der Waals surface area contributed by atoms with Crippen LogP contribution in [0.3, 0.4) is 0 Å². The fraction of sp³-hybridized carbons (Fsp3) is 0.350. The van der Waals surface area contributed by atoms with Crippen molar-refractivity contribution in [1.82, 2.24) is 0 Å². The quantitative estimate of drug-likeness (QED) is 0.707. The normalized spacial score (nSPS) is 10.4. The molecule has 0 saturated carbocycles. The van der Waals surface area contributed by atoms with Crippen LogP contribution in [0.4, 0.5) is 5.69 Å². The minimum Gasteiger partial charge on any atom is -0.490 e. The van der Waals surface area contributed by atoms with Crippen LogP contribution < -0.4 is 14.8 Å². The number of nitrogens with one attached hydrogen (secondary N) is 1. The van der Waals surface area contributed by atoms with Crippen molar-refractivity contribution in [1.29, 1.82) is 0 Å². The fourth-order valence-electron chi connectivity index (χ4n) is 2.39. The maximum absolute atomic E-state index is 12.1.